The summed E-state index contributed by atoms with van der Waals surface area (Å²) in [4.78, 5) is 34.7. The highest BCUT2D eigenvalue weighted by molar-refractivity contribution is 6.10. The Morgan fingerprint density at radius 3 is 2.75 bits per heavy atom. The Labute approximate surface area is 236 Å². The van der Waals surface area contributed by atoms with Gasteiger partial charge in [0.2, 0.25) is 0 Å². The number of carbonyl (C=O) groups excluding carboxylic acids is 2. The SMILES string of the molecule is CCCN(C)CCCOC(=O)c1cc(C(=O)N2CCC(C)Nc3ccccc32)ccc1-c1ccc2[nH]ccc2c1. The molecule has 1 atom stereocenters. The average molecular weight is 539 g/mol. The molecule has 1 unspecified atom stereocenters. The van der Waals surface area contributed by atoms with Crippen LogP contribution in [0.3, 0.4) is 0 Å². The summed E-state index contributed by atoms with van der Waals surface area (Å²) >= 11 is 0. The van der Waals surface area contributed by atoms with E-state index >= 15 is 0 Å². The Bertz CT molecular complexity index is 1490. The van der Waals surface area contributed by atoms with Gasteiger partial charge in [-0.05, 0) is 98.8 Å². The molecule has 0 aliphatic carbocycles. The van der Waals surface area contributed by atoms with Crippen molar-refractivity contribution in [1.29, 1.82) is 0 Å². The van der Waals surface area contributed by atoms with Crippen LogP contribution in [0.4, 0.5) is 11.4 Å². The fourth-order valence-corrected chi connectivity index (χ4v) is 5.37. The van der Waals surface area contributed by atoms with E-state index in [1.54, 1.807) is 6.07 Å². The lowest BCUT2D eigenvalue weighted by atomic mass is 9.96. The van der Waals surface area contributed by atoms with Gasteiger partial charge in [0.05, 0.1) is 23.5 Å². The molecule has 4 aromatic rings. The summed E-state index contributed by atoms with van der Waals surface area (Å²) < 4.78 is 5.76. The largest absolute Gasteiger partial charge is 0.462 e. The third kappa shape index (κ3) is 6.05. The minimum atomic E-state index is -0.413. The molecule has 7 heteroatoms. The van der Waals surface area contributed by atoms with Gasteiger partial charge in [-0.25, -0.2) is 4.79 Å². The van der Waals surface area contributed by atoms with Crippen molar-refractivity contribution >= 4 is 34.2 Å². The molecular weight excluding hydrogens is 500 g/mol. The van der Waals surface area contributed by atoms with Gasteiger partial charge in [-0.15, -0.1) is 0 Å². The molecule has 1 aliphatic rings. The van der Waals surface area contributed by atoms with Gasteiger partial charge in [0.1, 0.15) is 0 Å². The van der Waals surface area contributed by atoms with Gasteiger partial charge >= 0.3 is 5.97 Å². The predicted octanol–water partition coefficient (Wildman–Crippen LogP) is 6.57. The van der Waals surface area contributed by atoms with E-state index in [0.717, 1.165) is 65.8 Å². The highest BCUT2D eigenvalue weighted by atomic mass is 16.5. The fraction of sp³-hybridized carbons (Fsp3) is 0.333. The van der Waals surface area contributed by atoms with E-state index in [1.807, 2.05) is 65.7 Å². The minimum absolute atomic E-state index is 0.133. The number of para-hydroxylation sites is 2. The molecule has 0 saturated heterocycles. The number of rotatable bonds is 9. The lowest BCUT2D eigenvalue weighted by molar-refractivity contribution is 0.0492. The van der Waals surface area contributed by atoms with Crippen LogP contribution in [0.5, 0.6) is 0 Å². The normalized spacial score (nSPS) is 15.0. The van der Waals surface area contributed by atoms with Gasteiger partial charge in [-0.2, -0.15) is 0 Å². The van der Waals surface area contributed by atoms with Crippen LogP contribution in [0.1, 0.15) is 53.8 Å². The van der Waals surface area contributed by atoms with Crippen molar-refractivity contribution in [1.82, 2.24) is 9.88 Å². The van der Waals surface area contributed by atoms with Crippen molar-refractivity contribution in [2.75, 3.05) is 43.5 Å². The van der Waals surface area contributed by atoms with Gasteiger partial charge < -0.3 is 24.8 Å². The smallest absolute Gasteiger partial charge is 0.338 e. The summed E-state index contributed by atoms with van der Waals surface area (Å²) in [5.41, 5.74) is 5.32. The number of aromatic nitrogens is 1. The Hall–Kier alpha value is -4.10. The van der Waals surface area contributed by atoms with Crippen molar-refractivity contribution in [3.8, 4) is 11.1 Å². The molecule has 3 aromatic carbocycles. The van der Waals surface area contributed by atoms with Crippen molar-refractivity contribution in [2.24, 2.45) is 0 Å². The van der Waals surface area contributed by atoms with Crippen LogP contribution in [0.2, 0.25) is 0 Å². The second kappa shape index (κ2) is 12.4. The summed E-state index contributed by atoms with van der Waals surface area (Å²) in [6.45, 7) is 7.05. The minimum Gasteiger partial charge on any atom is -0.462 e. The number of carbonyl (C=O) groups is 2. The Balaban J connectivity index is 1.46. The molecule has 1 amide bonds. The Morgan fingerprint density at radius 2 is 1.90 bits per heavy atom. The third-order valence-corrected chi connectivity index (χ3v) is 7.50. The number of amides is 1. The molecule has 1 aromatic heterocycles. The first-order valence-corrected chi connectivity index (χ1v) is 14.2. The van der Waals surface area contributed by atoms with E-state index in [2.05, 4.69) is 42.2 Å². The highest BCUT2D eigenvalue weighted by Gasteiger charge is 2.26. The standard InChI is InChI=1S/C33H38N4O3/c1-4-17-36(3)18-7-20-40-33(39)28-22-26(10-12-27(28)24-11-13-29-25(21-24)14-16-34-29)32(38)37-19-15-23(2)35-30-8-5-6-9-31(30)37/h5-6,8-14,16,21-23,34-35H,4,7,15,17-20H2,1-3H3. The first-order chi connectivity index (χ1) is 19.4. The molecule has 208 valence electrons. The summed E-state index contributed by atoms with van der Waals surface area (Å²) in [5, 5.41) is 4.56. The van der Waals surface area contributed by atoms with E-state index < -0.39 is 5.97 Å². The van der Waals surface area contributed by atoms with Crippen LogP contribution in [-0.4, -0.2) is 61.1 Å². The van der Waals surface area contributed by atoms with E-state index in [9.17, 15) is 9.59 Å². The maximum atomic E-state index is 13.9. The Kier molecular flexibility index (Phi) is 8.51. The van der Waals surface area contributed by atoms with Crippen LogP contribution in [0.25, 0.3) is 22.0 Å². The number of benzene rings is 3. The lowest BCUT2D eigenvalue weighted by Gasteiger charge is -2.23. The summed E-state index contributed by atoms with van der Waals surface area (Å²) in [5.74, 6) is -0.547. The van der Waals surface area contributed by atoms with Crippen molar-refractivity contribution in [2.45, 2.75) is 39.2 Å². The molecule has 0 spiro atoms. The van der Waals surface area contributed by atoms with Crippen molar-refractivity contribution in [3.05, 3.63) is 84.1 Å². The highest BCUT2D eigenvalue weighted by Crippen LogP contribution is 2.33. The molecule has 7 nitrogen and oxygen atoms in total. The fourth-order valence-electron chi connectivity index (χ4n) is 5.37. The first-order valence-electron chi connectivity index (χ1n) is 14.2. The molecule has 0 bridgehead atoms. The summed E-state index contributed by atoms with van der Waals surface area (Å²) in [6, 6.07) is 21.6. The number of anilines is 2. The second-order valence-corrected chi connectivity index (χ2v) is 10.6. The van der Waals surface area contributed by atoms with Crippen LogP contribution >= 0.6 is 0 Å². The van der Waals surface area contributed by atoms with E-state index in [0.29, 0.717) is 24.3 Å². The van der Waals surface area contributed by atoms with Crippen LogP contribution in [-0.2, 0) is 4.74 Å². The molecule has 5 rings (SSSR count). The quantitative estimate of drug-likeness (QED) is 0.186. The van der Waals surface area contributed by atoms with E-state index in [1.165, 1.54) is 0 Å². The number of nitrogens with one attached hydrogen (secondary N) is 2. The van der Waals surface area contributed by atoms with Gasteiger partial charge in [0.25, 0.3) is 5.91 Å². The van der Waals surface area contributed by atoms with Crippen LogP contribution in [0.15, 0.2) is 72.9 Å². The number of hydrogen-bond acceptors (Lipinski definition) is 5. The molecular formula is C33H38N4O3. The molecule has 2 heterocycles. The van der Waals surface area contributed by atoms with Gasteiger partial charge in [0.15, 0.2) is 0 Å². The van der Waals surface area contributed by atoms with Gasteiger partial charge in [0, 0.05) is 36.4 Å². The van der Waals surface area contributed by atoms with Gasteiger partial charge in [-0.1, -0.05) is 31.2 Å². The third-order valence-electron chi connectivity index (χ3n) is 7.50. The molecule has 0 radical (unpaired) electrons. The number of ether oxygens (including phenoxy) is 1. The molecule has 40 heavy (non-hydrogen) atoms. The number of aromatic amines is 1. The average Bonchev–Trinajstić information content (AvgIpc) is 3.37. The number of hydrogen-bond donors (Lipinski definition) is 2. The van der Waals surface area contributed by atoms with Crippen molar-refractivity contribution < 1.29 is 14.3 Å². The first kappa shape index (κ1) is 27.5. The van der Waals surface area contributed by atoms with Crippen LogP contribution < -0.4 is 10.2 Å². The maximum Gasteiger partial charge on any atom is 0.338 e. The zero-order valence-corrected chi connectivity index (χ0v) is 23.6. The maximum absolute atomic E-state index is 13.9. The van der Waals surface area contributed by atoms with E-state index in [4.69, 9.17) is 4.74 Å². The van der Waals surface area contributed by atoms with Gasteiger partial charge in [-0.3, -0.25) is 4.79 Å². The zero-order valence-electron chi connectivity index (χ0n) is 23.6. The lowest BCUT2D eigenvalue weighted by Crippen LogP contribution is -2.32. The van der Waals surface area contributed by atoms with Crippen LogP contribution in [0, 0.1) is 0 Å². The number of esters is 1. The molecule has 1 aliphatic heterocycles. The molecule has 2 N–H and O–H groups in total. The molecule has 0 saturated carbocycles. The summed E-state index contributed by atoms with van der Waals surface area (Å²) in [7, 11) is 2.08. The number of nitrogens with zero attached hydrogens (tertiary/aromatic N) is 2. The Morgan fingerprint density at radius 1 is 1.05 bits per heavy atom. The molecule has 0 fully saturated rings. The number of fused-ring (bicyclic) bond motifs is 2. The second-order valence-electron chi connectivity index (χ2n) is 10.6. The monoisotopic (exact) mass is 538 g/mol. The number of H-pyrrole nitrogens is 1. The van der Waals surface area contributed by atoms with Crippen molar-refractivity contribution in [3.63, 3.8) is 0 Å². The summed E-state index contributed by atoms with van der Waals surface area (Å²) in [6.07, 6.45) is 4.55. The predicted molar refractivity (Wildman–Crippen MR) is 162 cm³/mol. The topological polar surface area (TPSA) is 77.7 Å². The van der Waals surface area contributed by atoms with E-state index in [-0.39, 0.29) is 11.9 Å². The zero-order chi connectivity index (χ0) is 28.1.